The number of carboxylic acid groups (broad SMARTS) is 1. The van der Waals surface area contributed by atoms with Gasteiger partial charge in [0.15, 0.2) is 6.20 Å². The van der Waals surface area contributed by atoms with Gasteiger partial charge in [0.2, 0.25) is 5.52 Å². The minimum atomic E-state index is -1.75. The molecule has 0 fully saturated rings. The van der Waals surface area contributed by atoms with E-state index in [1.54, 1.807) is 0 Å². The van der Waals surface area contributed by atoms with Gasteiger partial charge in [0.25, 0.3) is 11.4 Å². The Labute approximate surface area is 145 Å². The molecule has 1 heterocycles. The van der Waals surface area contributed by atoms with Gasteiger partial charge in [-0.15, -0.1) is 0 Å². The number of fused-ring (bicyclic) bond motifs is 1. The molecule has 0 unspecified atom stereocenters. The number of pyridine rings is 1. The SMILES string of the molecule is O=C(O)c1cc([N+](=O)[O-])cc([N+](=O)[O-])c1[O-].c1ccc2[nH+]cccc2c1. The van der Waals surface area contributed by atoms with Gasteiger partial charge in [0.1, 0.15) is 0 Å². The third-order valence-electron chi connectivity index (χ3n) is 3.26. The van der Waals surface area contributed by atoms with E-state index in [1.807, 2.05) is 24.4 Å². The summed E-state index contributed by atoms with van der Waals surface area (Å²) in [5.41, 5.74) is -1.76. The second kappa shape index (κ2) is 7.66. The van der Waals surface area contributed by atoms with Crippen molar-refractivity contribution in [1.82, 2.24) is 0 Å². The number of aromatic amines is 1. The molecule has 2 N–H and O–H groups in total. The van der Waals surface area contributed by atoms with Crippen molar-refractivity contribution < 1.29 is 29.8 Å². The molecule has 10 nitrogen and oxygen atoms in total. The Hall–Kier alpha value is -4.08. The zero-order valence-electron chi connectivity index (χ0n) is 13.0. The van der Waals surface area contributed by atoms with Crippen LogP contribution in [0.2, 0.25) is 0 Å². The average Bonchev–Trinajstić information content (AvgIpc) is 2.61. The van der Waals surface area contributed by atoms with Crippen molar-refractivity contribution in [3.05, 3.63) is 80.5 Å². The van der Waals surface area contributed by atoms with Crippen molar-refractivity contribution in [2.75, 3.05) is 0 Å². The highest BCUT2D eigenvalue weighted by molar-refractivity contribution is 5.93. The maximum Gasteiger partial charge on any atom is 0.335 e. The van der Waals surface area contributed by atoms with E-state index in [0.29, 0.717) is 12.1 Å². The summed E-state index contributed by atoms with van der Waals surface area (Å²) < 4.78 is 0. The number of aromatic carboxylic acids is 1. The van der Waals surface area contributed by atoms with E-state index in [-0.39, 0.29) is 0 Å². The number of aromatic nitrogens is 1. The van der Waals surface area contributed by atoms with E-state index < -0.39 is 38.5 Å². The minimum absolute atomic E-state index is 0.425. The Balaban J connectivity index is 0.000000206. The molecular formula is C16H11N3O7. The third-order valence-corrected chi connectivity index (χ3v) is 3.26. The third kappa shape index (κ3) is 4.06. The van der Waals surface area contributed by atoms with E-state index >= 15 is 0 Å². The predicted octanol–water partition coefficient (Wildman–Crippen LogP) is 1.93. The molecule has 0 saturated carbocycles. The zero-order valence-corrected chi connectivity index (χ0v) is 13.0. The van der Waals surface area contributed by atoms with Gasteiger partial charge in [-0.2, -0.15) is 0 Å². The molecule has 0 radical (unpaired) electrons. The maximum absolute atomic E-state index is 11.2. The van der Waals surface area contributed by atoms with Crippen LogP contribution in [0.3, 0.4) is 0 Å². The zero-order chi connectivity index (χ0) is 19.3. The summed E-state index contributed by atoms with van der Waals surface area (Å²) in [4.78, 5) is 32.2. The summed E-state index contributed by atoms with van der Waals surface area (Å²) in [7, 11) is 0. The van der Waals surface area contributed by atoms with E-state index in [2.05, 4.69) is 23.2 Å². The van der Waals surface area contributed by atoms with Crippen LogP contribution in [0, 0.1) is 20.2 Å². The van der Waals surface area contributed by atoms with Crippen LogP contribution in [0.4, 0.5) is 11.4 Å². The molecule has 132 valence electrons. The van der Waals surface area contributed by atoms with Crippen molar-refractivity contribution in [2.45, 2.75) is 0 Å². The molecule has 3 rings (SSSR count). The van der Waals surface area contributed by atoms with Crippen molar-refractivity contribution >= 4 is 28.2 Å². The van der Waals surface area contributed by atoms with E-state index in [4.69, 9.17) is 5.11 Å². The van der Waals surface area contributed by atoms with Gasteiger partial charge in [-0.3, -0.25) is 20.2 Å². The van der Waals surface area contributed by atoms with Gasteiger partial charge >= 0.3 is 5.97 Å². The highest BCUT2D eigenvalue weighted by atomic mass is 16.6. The molecule has 0 aliphatic carbocycles. The fraction of sp³-hybridized carbons (Fsp3) is 0. The summed E-state index contributed by atoms with van der Waals surface area (Å²) in [5, 5.41) is 41.7. The maximum atomic E-state index is 11.2. The highest BCUT2D eigenvalue weighted by Gasteiger charge is 2.21. The molecule has 0 amide bonds. The number of nitrogens with one attached hydrogen (secondary N) is 1. The standard InChI is InChI=1S/C9H7N.C7H4N2O7/c1-2-6-9-8(4-1)5-3-7-10-9;10-6-4(7(11)12)1-3(8(13)14)2-5(6)9(15)16/h1-7H;1-2,10H,(H,11,12). The molecule has 0 saturated heterocycles. The van der Waals surface area contributed by atoms with Crippen molar-refractivity contribution in [3.8, 4) is 5.75 Å². The second-order valence-corrected chi connectivity index (χ2v) is 4.92. The lowest BCUT2D eigenvalue weighted by Gasteiger charge is -2.09. The quantitative estimate of drug-likeness (QED) is 0.553. The first kappa shape index (κ1) is 18.3. The molecule has 26 heavy (non-hydrogen) atoms. The molecule has 0 atom stereocenters. The van der Waals surface area contributed by atoms with Crippen LogP contribution in [-0.4, -0.2) is 20.9 Å². The van der Waals surface area contributed by atoms with Crippen LogP contribution < -0.4 is 10.1 Å². The summed E-state index contributed by atoms with van der Waals surface area (Å²) in [6.45, 7) is 0. The molecule has 0 spiro atoms. The molecule has 2 aromatic carbocycles. The molecule has 0 aliphatic rings. The minimum Gasteiger partial charge on any atom is -0.867 e. The Kier molecular flexibility index (Phi) is 5.38. The number of hydrogen-bond acceptors (Lipinski definition) is 6. The van der Waals surface area contributed by atoms with E-state index in [0.717, 1.165) is 0 Å². The van der Waals surface area contributed by atoms with E-state index in [9.17, 15) is 30.1 Å². The number of H-pyrrole nitrogens is 1. The number of non-ortho nitro benzene ring substituents is 1. The van der Waals surface area contributed by atoms with Gasteiger partial charge in [-0.1, -0.05) is 12.1 Å². The van der Waals surface area contributed by atoms with Crippen LogP contribution in [0.25, 0.3) is 10.9 Å². The molecule has 3 aromatic rings. The van der Waals surface area contributed by atoms with Crippen LogP contribution in [0.5, 0.6) is 5.75 Å². The van der Waals surface area contributed by atoms with Gasteiger partial charge in [-0.25, -0.2) is 9.78 Å². The molecular weight excluding hydrogens is 346 g/mol. The lowest BCUT2D eigenvalue weighted by Crippen LogP contribution is -2.08. The number of carboxylic acids is 1. The van der Waals surface area contributed by atoms with Crippen LogP contribution in [0.1, 0.15) is 10.4 Å². The Morgan fingerprint density at radius 3 is 2.23 bits per heavy atom. The fourth-order valence-electron chi connectivity index (χ4n) is 2.06. The van der Waals surface area contributed by atoms with Gasteiger partial charge < -0.3 is 10.2 Å². The first-order chi connectivity index (χ1) is 12.3. The number of benzene rings is 2. The van der Waals surface area contributed by atoms with Gasteiger partial charge in [0.05, 0.1) is 21.5 Å². The summed E-state index contributed by atoms with van der Waals surface area (Å²) >= 11 is 0. The first-order valence-electron chi connectivity index (χ1n) is 7.04. The lowest BCUT2D eigenvalue weighted by atomic mass is 10.1. The Morgan fingerprint density at radius 1 is 1.00 bits per heavy atom. The molecule has 0 bridgehead atoms. The summed E-state index contributed by atoms with van der Waals surface area (Å²) in [6, 6.07) is 13.2. The van der Waals surface area contributed by atoms with E-state index in [1.165, 1.54) is 10.9 Å². The van der Waals surface area contributed by atoms with Gasteiger partial charge in [-0.05, 0) is 17.9 Å². The average molecular weight is 357 g/mol. The highest BCUT2D eigenvalue weighted by Crippen LogP contribution is 2.31. The Morgan fingerprint density at radius 2 is 1.65 bits per heavy atom. The number of rotatable bonds is 3. The summed E-state index contributed by atoms with van der Waals surface area (Å²) in [5.74, 6) is -3.11. The number of nitro groups is 2. The monoisotopic (exact) mass is 357 g/mol. The number of para-hydroxylation sites is 1. The normalized spacial score (nSPS) is 9.85. The lowest BCUT2D eigenvalue weighted by molar-refractivity contribution is -0.403. The van der Waals surface area contributed by atoms with Crippen LogP contribution >= 0.6 is 0 Å². The second-order valence-electron chi connectivity index (χ2n) is 4.92. The molecule has 10 heteroatoms. The van der Waals surface area contributed by atoms with Gasteiger partial charge in [0, 0.05) is 23.6 Å². The molecule has 0 aliphatic heterocycles. The fourth-order valence-corrected chi connectivity index (χ4v) is 2.06. The molecule has 1 aromatic heterocycles. The van der Waals surface area contributed by atoms with Crippen LogP contribution in [0.15, 0.2) is 54.7 Å². The van der Waals surface area contributed by atoms with Crippen molar-refractivity contribution in [2.24, 2.45) is 0 Å². The number of nitro benzene ring substituents is 2. The van der Waals surface area contributed by atoms with Crippen molar-refractivity contribution in [1.29, 1.82) is 0 Å². The first-order valence-corrected chi connectivity index (χ1v) is 7.04. The topological polar surface area (TPSA) is 161 Å². The predicted molar refractivity (Wildman–Crippen MR) is 86.7 cm³/mol. The smallest absolute Gasteiger partial charge is 0.335 e. The van der Waals surface area contributed by atoms with Crippen molar-refractivity contribution in [3.63, 3.8) is 0 Å². The number of hydrogen-bond donors (Lipinski definition) is 1. The summed E-state index contributed by atoms with van der Waals surface area (Å²) in [6.07, 6.45) is 1.93. The largest absolute Gasteiger partial charge is 0.867 e. The van der Waals surface area contributed by atoms with Crippen LogP contribution in [-0.2, 0) is 0 Å². The Bertz CT molecular complexity index is 904. The number of nitrogens with zero attached hydrogens (tertiary/aromatic N) is 2. The number of carbonyl (C=O) groups is 1.